The Bertz CT molecular complexity index is 406. The fourth-order valence-corrected chi connectivity index (χ4v) is 4.96. The molecule has 0 aliphatic rings. The average molecular weight is 481 g/mol. The van der Waals surface area contributed by atoms with Crippen molar-refractivity contribution in [1.29, 1.82) is 0 Å². The van der Waals surface area contributed by atoms with Gasteiger partial charge in [-0.15, -0.1) is 0 Å². The van der Waals surface area contributed by atoms with Crippen LogP contribution in [0.2, 0.25) is 0 Å². The second kappa shape index (κ2) is 27.1. The summed E-state index contributed by atoms with van der Waals surface area (Å²) in [7, 11) is 0. The first-order valence-electron chi connectivity index (χ1n) is 15.8. The molecule has 0 aliphatic heterocycles. The molecule has 0 aliphatic carbocycles. The molecular formula is C32H64O2. The van der Waals surface area contributed by atoms with Gasteiger partial charge in [-0.25, -0.2) is 0 Å². The van der Waals surface area contributed by atoms with Crippen LogP contribution in [-0.4, -0.2) is 12.6 Å². The van der Waals surface area contributed by atoms with Gasteiger partial charge in [0.2, 0.25) is 0 Å². The molecule has 0 fully saturated rings. The van der Waals surface area contributed by atoms with E-state index >= 15 is 0 Å². The summed E-state index contributed by atoms with van der Waals surface area (Å²) in [5.41, 5.74) is 0. The van der Waals surface area contributed by atoms with Crippen LogP contribution in [0.15, 0.2) is 0 Å². The van der Waals surface area contributed by atoms with E-state index in [0.717, 1.165) is 6.42 Å². The van der Waals surface area contributed by atoms with Crippen LogP contribution in [0.1, 0.15) is 182 Å². The fraction of sp³-hybridized carbons (Fsp3) is 0.969. The Morgan fingerprint density at radius 2 is 0.824 bits per heavy atom. The molecule has 0 saturated heterocycles. The lowest BCUT2D eigenvalue weighted by molar-refractivity contribution is -0.149. The summed E-state index contributed by atoms with van der Waals surface area (Å²) in [5, 5.41) is 0. The lowest BCUT2D eigenvalue weighted by Gasteiger charge is -2.19. The molecule has 2 atom stereocenters. The van der Waals surface area contributed by atoms with Gasteiger partial charge in [0.25, 0.3) is 0 Å². The minimum Gasteiger partial charge on any atom is -0.465 e. The summed E-state index contributed by atoms with van der Waals surface area (Å²) in [5.74, 6) is 0.685. The highest BCUT2D eigenvalue weighted by Gasteiger charge is 2.17. The number of carbonyl (C=O) groups is 1. The summed E-state index contributed by atoms with van der Waals surface area (Å²) < 4.78 is 5.85. The Balaban J connectivity index is 4.03. The highest BCUT2D eigenvalue weighted by molar-refractivity contribution is 5.71. The third kappa shape index (κ3) is 23.2. The van der Waals surface area contributed by atoms with E-state index in [-0.39, 0.29) is 11.9 Å². The molecule has 0 aromatic heterocycles. The Morgan fingerprint density at radius 3 is 1.21 bits per heavy atom. The first-order valence-corrected chi connectivity index (χ1v) is 15.8. The van der Waals surface area contributed by atoms with E-state index in [1.165, 1.54) is 148 Å². The van der Waals surface area contributed by atoms with E-state index in [1.807, 2.05) is 0 Å². The molecule has 0 amide bonds. The van der Waals surface area contributed by atoms with Gasteiger partial charge >= 0.3 is 5.97 Å². The molecule has 0 heterocycles. The van der Waals surface area contributed by atoms with Gasteiger partial charge in [0, 0.05) is 0 Å². The monoisotopic (exact) mass is 480 g/mol. The SMILES string of the molecule is CCCCCCCCCCCC(C)C(=O)OCC(CCCCCCC)CCCCCCCCC. The number of ether oxygens (including phenoxy) is 1. The normalized spacial score (nSPS) is 13.2. The highest BCUT2D eigenvalue weighted by atomic mass is 16.5. The molecule has 0 aromatic rings. The molecule has 0 saturated carbocycles. The zero-order valence-electron chi connectivity index (χ0n) is 24.1. The van der Waals surface area contributed by atoms with E-state index in [1.54, 1.807) is 0 Å². The van der Waals surface area contributed by atoms with E-state index in [2.05, 4.69) is 27.7 Å². The summed E-state index contributed by atoms with van der Waals surface area (Å²) >= 11 is 0. The molecule has 0 radical (unpaired) electrons. The number of rotatable bonds is 27. The average Bonchev–Trinajstić information content (AvgIpc) is 2.84. The largest absolute Gasteiger partial charge is 0.465 e. The first kappa shape index (κ1) is 33.5. The lowest BCUT2D eigenvalue weighted by Crippen LogP contribution is -2.20. The number of esters is 1. The number of hydrogen-bond donors (Lipinski definition) is 0. The van der Waals surface area contributed by atoms with Crippen LogP contribution in [0.5, 0.6) is 0 Å². The van der Waals surface area contributed by atoms with E-state index in [9.17, 15) is 4.79 Å². The summed E-state index contributed by atoms with van der Waals surface area (Å²) in [6, 6.07) is 0. The van der Waals surface area contributed by atoms with Gasteiger partial charge in [-0.05, 0) is 25.2 Å². The van der Waals surface area contributed by atoms with Gasteiger partial charge in [-0.3, -0.25) is 4.79 Å². The molecular weight excluding hydrogens is 416 g/mol. The molecule has 34 heavy (non-hydrogen) atoms. The van der Waals surface area contributed by atoms with Crippen molar-refractivity contribution in [2.45, 2.75) is 182 Å². The minimum absolute atomic E-state index is 0.0510. The van der Waals surface area contributed by atoms with Crippen molar-refractivity contribution in [3.8, 4) is 0 Å². The maximum atomic E-state index is 12.6. The maximum absolute atomic E-state index is 12.6. The van der Waals surface area contributed by atoms with Gasteiger partial charge in [-0.1, -0.05) is 163 Å². The predicted molar refractivity (Wildman–Crippen MR) is 151 cm³/mol. The van der Waals surface area contributed by atoms with Crippen molar-refractivity contribution in [1.82, 2.24) is 0 Å². The van der Waals surface area contributed by atoms with Crippen LogP contribution in [0.4, 0.5) is 0 Å². The molecule has 2 nitrogen and oxygen atoms in total. The van der Waals surface area contributed by atoms with E-state index < -0.39 is 0 Å². The van der Waals surface area contributed by atoms with Crippen LogP contribution in [0.3, 0.4) is 0 Å². The van der Waals surface area contributed by atoms with E-state index in [4.69, 9.17) is 4.74 Å². The smallest absolute Gasteiger partial charge is 0.308 e. The molecule has 0 bridgehead atoms. The van der Waals surface area contributed by atoms with Gasteiger partial charge in [0.15, 0.2) is 0 Å². The molecule has 2 heteroatoms. The van der Waals surface area contributed by atoms with Gasteiger partial charge in [0.05, 0.1) is 12.5 Å². The van der Waals surface area contributed by atoms with Crippen molar-refractivity contribution >= 4 is 5.97 Å². The maximum Gasteiger partial charge on any atom is 0.308 e. The second-order valence-corrected chi connectivity index (χ2v) is 11.1. The van der Waals surface area contributed by atoms with Crippen LogP contribution in [0, 0.1) is 11.8 Å². The van der Waals surface area contributed by atoms with Crippen LogP contribution in [-0.2, 0) is 9.53 Å². The predicted octanol–water partition coefficient (Wildman–Crippen LogP) is 11.2. The topological polar surface area (TPSA) is 26.3 Å². The van der Waals surface area contributed by atoms with Crippen molar-refractivity contribution in [3.63, 3.8) is 0 Å². The quantitative estimate of drug-likeness (QED) is 0.0862. The molecule has 2 unspecified atom stereocenters. The van der Waals surface area contributed by atoms with Crippen molar-refractivity contribution < 1.29 is 9.53 Å². The molecule has 0 N–H and O–H groups in total. The number of carbonyl (C=O) groups excluding carboxylic acids is 1. The third-order valence-corrected chi connectivity index (χ3v) is 7.54. The van der Waals surface area contributed by atoms with Crippen LogP contribution < -0.4 is 0 Å². The second-order valence-electron chi connectivity index (χ2n) is 11.1. The highest BCUT2D eigenvalue weighted by Crippen LogP contribution is 2.21. The van der Waals surface area contributed by atoms with Crippen molar-refractivity contribution in [3.05, 3.63) is 0 Å². The minimum atomic E-state index is 0.0510. The summed E-state index contributed by atoms with van der Waals surface area (Å²) in [6.07, 6.45) is 31.7. The number of hydrogen-bond acceptors (Lipinski definition) is 2. The molecule has 0 spiro atoms. The van der Waals surface area contributed by atoms with Gasteiger partial charge < -0.3 is 4.74 Å². The molecule has 0 rings (SSSR count). The Labute approximate surface area is 215 Å². The molecule has 204 valence electrons. The zero-order chi connectivity index (χ0) is 25.1. The summed E-state index contributed by atoms with van der Waals surface area (Å²) in [6.45, 7) is 9.56. The molecule has 0 aromatic carbocycles. The van der Waals surface area contributed by atoms with Crippen molar-refractivity contribution in [2.24, 2.45) is 11.8 Å². The van der Waals surface area contributed by atoms with Crippen LogP contribution >= 0.6 is 0 Å². The summed E-state index contributed by atoms with van der Waals surface area (Å²) in [4.78, 5) is 12.6. The lowest BCUT2D eigenvalue weighted by atomic mass is 9.94. The standard InChI is InChI=1S/C32H64O2/c1-5-8-11-14-16-17-19-21-23-26-30(4)32(33)34-29-31(27-24-20-13-10-7-3)28-25-22-18-15-12-9-6-2/h30-31H,5-29H2,1-4H3. The fourth-order valence-electron chi connectivity index (χ4n) is 4.96. The van der Waals surface area contributed by atoms with Gasteiger partial charge in [0.1, 0.15) is 0 Å². The zero-order valence-corrected chi connectivity index (χ0v) is 24.1. The van der Waals surface area contributed by atoms with Crippen molar-refractivity contribution in [2.75, 3.05) is 6.61 Å². The third-order valence-electron chi connectivity index (χ3n) is 7.54. The Kier molecular flexibility index (Phi) is 26.6. The Morgan fingerprint density at radius 1 is 0.500 bits per heavy atom. The van der Waals surface area contributed by atoms with Gasteiger partial charge in [-0.2, -0.15) is 0 Å². The van der Waals surface area contributed by atoms with Crippen LogP contribution in [0.25, 0.3) is 0 Å². The Hall–Kier alpha value is -0.530. The van der Waals surface area contributed by atoms with E-state index in [0.29, 0.717) is 12.5 Å². The number of unbranched alkanes of at least 4 members (excludes halogenated alkanes) is 18. The first-order chi connectivity index (χ1) is 16.7.